The average Bonchev–Trinajstić information content (AvgIpc) is 2.98. The van der Waals surface area contributed by atoms with Crippen LogP contribution in [0, 0.1) is 6.92 Å². The highest BCUT2D eigenvalue weighted by Crippen LogP contribution is 2.36. The molecule has 2 aromatic carbocycles. The number of piperazine rings is 1. The Bertz CT molecular complexity index is 1290. The molecule has 1 aliphatic rings. The summed E-state index contributed by atoms with van der Waals surface area (Å²) in [5.74, 6) is 1.90. The van der Waals surface area contributed by atoms with Gasteiger partial charge in [0.1, 0.15) is 11.6 Å². The van der Waals surface area contributed by atoms with E-state index in [0.29, 0.717) is 0 Å². The maximum absolute atomic E-state index is 9.30. The fraction of sp³-hybridized carbons (Fsp3) is 0.406. The molecule has 40 heavy (non-hydrogen) atoms. The second-order valence-electron chi connectivity index (χ2n) is 10.2. The molecule has 1 aromatic heterocycles. The number of aromatic nitrogens is 1. The Kier molecular flexibility index (Phi) is 10.7. The van der Waals surface area contributed by atoms with Crippen molar-refractivity contribution in [3.8, 4) is 5.75 Å². The first-order valence-corrected chi connectivity index (χ1v) is 14.1. The van der Waals surface area contributed by atoms with Crippen LogP contribution in [0.15, 0.2) is 64.7 Å². The van der Waals surface area contributed by atoms with Gasteiger partial charge in [-0.15, -0.1) is 0 Å². The highest BCUT2D eigenvalue weighted by Gasteiger charge is 2.17. The molecule has 0 atom stereocenters. The summed E-state index contributed by atoms with van der Waals surface area (Å²) in [4.78, 5) is 20.7. The molecule has 1 aliphatic heterocycles. The molecular weight excluding hydrogens is 500 g/mol. The van der Waals surface area contributed by atoms with E-state index in [0.717, 1.165) is 92.7 Å². The van der Waals surface area contributed by atoms with Crippen molar-refractivity contribution in [3.05, 3.63) is 65.9 Å². The van der Waals surface area contributed by atoms with E-state index in [1.165, 1.54) is 11.1 Å². The van der Waals surface area contributed by atoms with E-state index < -0.39 is 0 Å². The van der Waals surface area contributed by atoms with Gasteiger partial charge in [0.25, 0.3) is 0 Å². The summed E-state index contributed by atoms with van der Waals surface area (Å²) < 4.78 is 5.44. The van der Waals surface area contributed by atoms with Gasteiger partial charge < -0.3 is 24.5 Å². The number of aliphatic imine (C=N–C) groups is 2. The molecule has 2 heterocycles. The van der Waals surface area contributed by atoms with E-state index in [9.17, 15) is 5.11 Å². The number of nitrogens with zero attached hydrogens (tertiary/aromatic N) is 6. The zero-order valence-electron chi connectivity index (χ0n) is 24.1. The first-order valence-electron chi connectivity index (χ1n) is 14.1. The fourth-order valence-electron chi connectivity index (χ4n) is 4.99. The predicted octanol–water partition coefficient (Wildman–Crippen LogP) is 5.73. The van der Waals surface area contributed by atoms with E-state index in [4.69, 9.17) is 14.7 Å². The van der Waals surface area contributed by atoms with Gasteiger partial charge in [0.15, 0.2) is 0 Å². The fourth-order valence-corrected chi connectivity index (χ4v) is 4.99. The van der Waals surface area contributed by atoms with Crippen molar-refractivity contribution in [2.45, 2.75) is 32.6 Å². The van der Waals surface area contributed by atoms with Gasteiger partial charge in [0.05, 0.1) is 18.5 Å². The van der Waals surface area contributed by atoms with Gasteiger partial charge in [-0.2, -0.15) is 0 Å². The van der Waals surface area contributed by atoms with Crippen LogP contribution in [0.25, 0.3) is 0 Å². The number of hydrogen-bond donors (Lipinski definition) is 1. The molecule has 0 amide bonds. The third-order valence-corrected chi connectivity index (χ3v) is 7.30. The monoisotopic (exact) mass is 542 g/mol. The quantitative estimate of drug-likeness (QED) is 0.220. The number of aryl methyl sites for hydroxylation is 2. The summed E-state index contributed by atoms with van der Waals surface area (Å²) >= 11 is 0. The molecule has 0 unspecified atom stereocenters. The van der Waals surface area contributed by atoms with Crippen LogP contribution < -0.4 is 14.5 Å². The maximum Gasteiger partial charge on any atom is 0.131 e. The molecule has 0 aliphatic carbocycles. The summed E-state index contributed by atoms with van der Waals surface area (Å²) in [5, 5.41) is 9.30. The van der Waals surface area contributed by atoms with Crippen LogP contribution in [-0.4, -0.2) is 81.4 Å². The summed E-state index contributed by atoms with van der Waals surface area (Å²) in [6, 6.07) is 16.3. The number of ether oxygens (including phenoxy) is 1. The molecule has 3 aromatic rings. The van der Waals surface area contributed by atoms with Gasteiger partial charge in [-0.3, -0.25) is 9.98 Å². The Morgan fingerprint density at radius 3 is 2.58 bits per heavy atom. The molecular formula is C32H42N6O2. The normalized spacial score (nSPS) is 14.1. The summed E-state index contributed by atoms with van der Waals surface area (Å²) in [5.41, 5.74) is 5.99. The van der Waals surface area contributed by atoms with Crippen LogP contribution in [0.4, 0.5) is 28.6 Å². The zero-order chi connectivity index (χ0) is 28.3. The minimum atomic E-state index is 0.176. The van der Waals surface area contributed by atoms with Gasteiger partial charge >= 0.3 is 0 Å². The van der Waals surface area contributed by atoms with Crippen LogP contribution in [0.1, 0.15) is 30.4 Å². The van der Waals surface area contributed by atoms with Crippen molar-refractivity contribution < 1.29 is 9.84 Å². The topological polar surface area (TPSA) is 76.8 Å². The van der Waals surface area contributed by atoms with Crippen LogP contribution in [0.2, 0.25) is 0 Å². The molecule has 4 rings (SSSR count). The number of pyridine rings is 1. The predicted molar refractivity (Wildman–Crippen MR) is 167 cm³/mol. The number of aliphatic hydroxyl groups excluding tert-OH is 1. The smallest absolute Gasteiger partial charge is 0.131 e. The second kappa shape index (κ2) is 14.6. The van der Waals surface area contributed by atoms with Crippen LogP contribution >= 0.6 is 0 Å². The van der Waals surface area contributed by atoms with Crippen molar-refractivity contribution in [1.29, 1.82) is 0 Å². The standard InChI is InChI=1S/C32H42N6O2/c1-25-21-26(24-35-32(25)37-18-16-36(3)17-19-37)9-8-14-34-30-13-12-28(23-31(30)33-2)38(15-5-6-20-39)27-10-7-11-29(22-27)40-4/h7,10-14,21-24,39H,2,5-6,8-9,15-20H2,1,3-4H3/b34-14-. The minimum Gasteiger partial charge on any atom is -0.497 e. The number of methoxy groups -OCH3 is 1. The number of anilines is 3. The number of rotatable bonds is 13. The maximum atomic E-state index is 9.30. The van der Waals surface area contributed by atoms with Gasteiger partial charge in [0.2, 0.25) is 0 Å². The third kappa shape index (κ3) is 7.67. The molecule has 0 saturated carbocycles. The van der Waals surface area contributed by atoms with Gasteiger partial charge in [0, 0.05) is 69.2 Å². The lowest BCUT2D eigenvalue weighted by Gasteiger charge is -2.34. The van der Waals surface area contributed by atoms with E-state index >= 15 is 0 Å². The van der Waals surface area contributed by atoms with E-state index in [1.54, 1.807) is 7.11 Å². The Labute approximate surface area is 238 Å². The number of likely N-dealkylation sites (N-methyl/N-ethyl adjacent to an activating group) is 1. The van der Waals surface area contributed by atoms with E-state index in [2.05, 4.69) is 58.6 Å². The lowest BCUT2D eigenvalue weighted by molar-refractivity contribution is 0.285. The first kappa shape index (κ1) is 29.2. The summed E-state index contributed by atoms with van der Waals surface area (Å²) in [6.07, 6.45) is 7.24. The number of hydrogen-bond acceptors (Lipinski definition) is 8. The van der Waals surface area contributed by atoms with Crippen molar-refractivity contribution in [2.24, 2.45) is 9.98 Å². The van der Waals surface area contributed by atoms with Crippen LogP contribution in [-0.2, 0) is 6.42 Å². The largest absolute Gasteiger partial charge is 0.497 e. The Hall–Kier alpha value is -3.75. The number of aliphatic hydroxyl groups is 1. The summed E-state index contributed by atoms with van der Waals surface area (Å²) in [7, 11) is 3.84. The molecule has 212 valence electrons. The van der Waals surface area contributed by atoms with E-state index in [1.807, 2.05) is 42.7 Å². The van der Waals surface area contributed by atoms with Crippen molar-refractivity contribution in [1.82, 2.24) is 9.88 Å². The van der Waals surface area contributed by atoms with Crippen molar-refractivity contribution in [2.75, 3.05) is 63.3 Å². The molecule has 0 bridgehead atoms. The second-order valence-corrected chi connectivity index (χ2v) is 10.2. The SMILES string of the molecule is C=Nc1cc(N(CCCCO)c2cccc(OC)c2)ccc1/N=C\CCc1cnc(N2CCN(C)CC2)c(C)c1. The van der Waals surface area contributed by atoms with Crippen molar-refractivity contribution in [3.63, 3.8) is 0 Å². The van der Waals surface area contributed by atoms with Crippen LogP contribution in [0.5, 0.6) is 5.75 Å². The number of unbranched alkanes of at least 4 members (excludes halogenated alkanes) is 1. The third-order valence-electron chi connectivity index (χ3n) is 7.30. The zero-order valence-corrected chi connectivity index (χ0v) is 24.1. The van der Waals surface area contributed by atoms with Gasteiger partial charge in [-0.05, 0) is 87.8 Å². The molecule has 8 nitrogen and oxygen atoms in total. The van der Waals surface area contributed by atoms with Crippen molar-refractivity contribution >= 4 is 41.5 Å². The highest BCUT2D eigenvalue weighted by molar-refractivity contribution is 5.77. The number of benzene rings is 2. The van der Waals surface area contributed by atoms with Crippen LogP contribution in [0.3, 0.4) is 0 Å². The molecule has 0 spiro atoms. The first-order chi connectivity index (χ1) is 19.5. The molecule has 8 heteroatoms. The minimum absolute atomic E-state index is 0.176. The molecule has 1 saturated heterocycles. The molecule has 1 fully saturated rings. The Morgan fingerprint density at radius 1 is 1.05 bits per heavy atom. The average molecular weight is 543 g/mol. The highest BCUT2D eigenvalue weighted by atomic mass is 16.5. The molecule has 1 N–H and O–H groups in total. The van der Waals surface area contributed by atoms with Gasteiger partial charge in [-0.25, -0.2) is 4.98 Å². The lowest BCUT2D eigenvalue weighted by atomic mass is 10.1. The molecule has 0 radical (unpaired) electrons. The van der Waals surface area contributed by atoms with Gasteiger partial charge in [-0.1, -0.05) is 12.1 Å². The Morgan fingerprint density at radius 2 is 1.85 bits per heavy atom. The van der Waals surface area contributed by atoms with E-state index in [-0.39, 0.29) is 6.61 Å². The lowest BCUT2D eigenvalue weighted by Crippen LogP contribution is -2.45. The summed E-state index contributed by atoms with van der Waals surface area (Å²) in [6.45, 7) is 11.1. The Balaban J connectivity index is 1.42.